The summed E-state index contributed by atoms with van der Waals surface area (Å²) in [5.74, 6) is -0.492. The van der Waals surface area contributed by atoms with E-state index in [1.54, 1.807) is 15.9 Å². The van der Waals surface area contributed by atoms with Crippen LogP contribution in [0.3, 0.4) is 0 Å². The van der Waals surface area contributed by atoms with Gasteiger partial charge in [0.1, 0.15) is 4.83 Å². The number of aryl methyl sites for hydroxylation is 2. The van der Waals surface area contributed by atoms with Gasteiger partial charge in [-0.3, -0.25) is 14.2 Å². The monoisotopic (exact) mass is 507 g/mol. The van der Waals surface area contributed by atoms with Gasteiger partial charge in [-0.05, 0) is 62.3 Å². The van der Waals surface area contributed by atoms with E-state index in [1.165, 1.54) is 28.8 Å². The van der Waals surface area contributed by atoms with Crippen LogP contribution < -0.4 is 10.9 Å². The fraction of sp³-hybridized carbons (Fsp3) is 0.458. The molecule has 34 heavy (non-hydrogen) atoms. The number of benzene rings is 1. The lowest BCUT2D eigenvalue weighted by Gasteiger charge is -2.18. The molecule has 3 aromatic rings. The summed E-state index contributed by atoms with van der Waals surface area (Å²) in [5, 5.41) is 3.79. The number of carbonyl (C=O) groups excluding carboxylic acids is 1. The molecule has 2 aromatic heterocycles. The number of thioether (sulfide) groups is 1. The summed E-state index contributed by atoms with van der Waals surface area (Å²) in [6.45, 7) is 0. The maximum absolute atomic E-state index is 13.6. The fourth-order valence-corrected chi connectivity index (χ4v) is 7.05. The molecular weight excluding hydrogens is 483 g/mol. The Morgan fingerprint density at radius 3 is 2.71 bits per heavy atom. The molecule has 1 amide bonds. The first kappa shape index (κ1) is 23.4. The number of anilines is 1. The van der Waals surface area contributed by atoms with Crippen LogP contribution in [0.15, 0.2) is 34.2 Å². The van der Waals surface area contributed by atoms with E-state index in [0.29, 0.717) is 5.16 Å². The average Bonchev–Trinajstić information content (AvgIpc) is 3.45. The van der Waals surface area contributed by atoms with Gasteiger partial charge in [-0.15, -0.1) is 11.3 Å². The molecule has 10 heteroatoms. The average molecular weight is 508 g/mol. The van der Waals surface area contributed by atoms with Gasteiger partial charge in [0.05, 0.1) is 16.7 Å². The molecule has 180 valence electrons. The highest BCUT2D eigenvalue weighted by Gasteiger charge is 2.31. The number of nitrogens with zero attached hydrogens (tertiary/aromatic N) is 2. The number of rotatable bonds is 5. The number of carbonyl (C=O) groups is 1. The molecule has 2 aliphatic carbocycles. The van der Waals surface area contributed by atoms with E-state index in [4.69, 9.17) is 4.98 Å². The molecule has 0 atom stereocenters. The van der Waals surface area contributed by atoms with E-state index >= 15 is 0 Å². The topological polar surface area (TPSA) is 64.0 Å². The van der Waals surface area contributed by atoms with Crippen molar-refractivity contribution in [1.29, 1.82) is 0 Å². The Hall–Kier alpha value is -2.33. The zero-order valence-electron chi connectivity index (χ0n) is 18.4. The van der Waals surface area contributed by atoms with Crippen molar-refractivity contribution >= 4 is 44.9 Å². The minimum absolute atomic E-state index is 0.0166. The summed E-state index contributed by atoms with van der Waals surface area (Å²) >= 11 is 2.75. The van der Waals surface area contributed by atoms with Gasteiger partial charge in [0.2, 0.25) is 5.91 Å². The second kappa shape index (κ2) is 9.37. The van der Waals surface area contributed by atoms with Gasteiger partial charge in [0, 0.05) is 16.6 Å². The van der Waals surface area contributed by atoms with Crippen LogP contribution in [0.1, 0.15) is 60.6 Å². The molecule has 2 heterocycles. The normalized spacial score (nSPS) is 16.7. The fourth-order valence-electron chi connectivity index (χ4n) is 4.89. The highest BCUT2D eigenvalue weighted by atomic mass is 32.2. The molecule has 1 saturated carbocycles. The number of fused-ring (bicyclic) bond motifs is 3. The number of thiophene rings is 1. The van der Waals surface area contributed by atoms with Gasteiger partial charge in [-0.2, -0.15) is 13.2 Å². The first-order valence-corrected chi connectivity index (χ1v) is 13.3. The number of nitrogens with one attached hydrogen (secondary N) is 1. The van der Waals surface area contributed by atoms with Crippen molar-refractivity contribution in [2.24, 2.45) is 0 Å². The molecule has 1 fully saturated rings. The van der Waals surface area contributed by atoms with Crippen LogP contribution in [-0.2, 0) is 23.8 Å². The molecule has 1 aromatic carbocycles. The molecule has 5 nitrogen and oxygen atoms in total. The number of amides is 1. The standard InChI is InChI=1S/C24H24F3N3O2S2/c25-24(26,27)14-6-5-7-15(12-14)28-19(31)13-33-23-29-21-20(17-10-3-4-11-18(17)34-21)22(32)30(23)16-8-1-2-9-16/h5-7,12,16H,1-4,8-11,13H2,(H,28,31). The van der Waals surface area contributed by atoms with Gasteiger partial charge >= 0.3 is 6.18 Å². The summed E-state index contributed by atoms with van der Waals surface area (Å²) < 4.78 is 40.7. The number of halogens is 3. The molecule has 0 spiro atoms. The molecule has 0 unspecified atom stereocenters. The minimum Gasteiger partial charge on any atom is -0.325 e. The van der Waals surface area contributed by atoms with Crippen molar-refractivity contribution in [2.75, 3.05) is 11.1 Å². The van der Waals surface area contributed by atoms with E-state index in [1.807, 2.05) is 0 Å². The molecule has 5 rings (SSSR count). The van der Waals surface area contributed by atoms with Crippen LogP contribution in [0.4, 0.5) is 18.9 Å². The summed E-state index contributed by atoms with van der Waals surface area (Å²) in [4.78, 5) is 33.0. The number of hydrogen-bond donors (Lipinski definition) is 1. The Morgan fingerprint density at radius 2 is 1.94 bits per heavy atom. The van der Waals surface area contributed by atoms with Crippen LogP contribution in [0.25, 0.3) is 10.2 Å². The summed E-state index contributed by atoms with van der Waals surface area (Å²) in [6, 6.07) is 4.63. The van der Waals surface area contributed by atoms with Gasteiger partial charge in [-0.1, -0.05) is 30.7 Å². The van der Waals surface area contributed by atoms with Crippen LogP contribution in [0.5, 0.6) is 0 Å². The van der Waals surface area contributed by atoms with Gasteiger partial charge in [0.25, 0.3) is 5.56 Å². The van der Waals surface area contributed by atoms with E-state index in [-0.39, 0.29) is 23.0 Å². The molecule has 0 radical (unpaired) electrons. The van der Waals surface area contributed by atoms with Crippen molar-refractivity contribution in [1.82, 2.24) is 9.55 Å². The van der Waals surface area contributed by atoms with Crippen molar-refractivity contribution in [3.05, 3.63) is 50.6 Å². The summed E-state index contributed by atoms with van der Waals surface area (Å²) in [5.41, 5.74) is 0.399. The second-order valence-corrected chi connectivity index (χ2v) is 10.8. The predicted molar refractivity (Wildman–Crippen MR) is 129 cm³/mol. The SMILES string of the molecule is O=C(CSc1nc2sc3c(c2c(=O)n1C1CCCC1)CCCC3)Nc1cccc(C(F)(F)F)c1. The lowest BCUT2D eigenvalue weighted by molar-refractivity contribution is -0.137. The lowest BCUT2D eigenvalue weighted by atomic mass is 9.97. The van der Waals surface area contributed by atoms with Gasteiger partial charge < -0.3 is 5.32 Å². The zero-order chi connectivity index (χ0) is 23.9. The van der Waals surface area contributed by atoms with E-state index in [9.17, 15) is 22.8 Å². The van der Waals surface area contributed by atoms with Crippen LogP contribution in [0, 0.1) is 0 Å². The lowest BCUT2D eigenvalue weighted by Crippen LogP contribution is -2.27. The third-order valence-corrected chi connectivity index (χ3v) is 8.62. The maximum Gasteiger partial charge on any atom is 0.416 e. The molecule has 0 bridgehead atoms. The zero-order valence-corrected chi connectivity index (χ0v) is 20.0. The number of hydrogen-bond acceptors (Lipinski definition) is 5. The van der Waals surface area contributed by atoms with Gasteiger partial charge in [-0.25, -0.2) is 4.98 Å². The Morgan fingerprint density at radius 1 is 1.18 bits per heavy atom. The first-order valence-electron chi connectivity index (χ1n) is 11.5. The molecule has 0 saturated heterocycles. The maximum atomic E-state index is 13.6. The smallest absolute Gasteiger partial charge is 0.325 e. The Labute approximate surface area is 202 Å². The quantitative estimate of drug-likeness (QED) is 0.330. The van der Waals surface area contributed by atoms with Crippen molar-refractivity contribution in [3.8, 4) is 0 Å². The van der Waals surface area contributed by atoms with Crippen LogP contribution in [0.2, 0.25) is 0 Å². The largest absolute Gasteiger partial charge is 0.416 e. The minimum atomic E-state index is -4.48. The molecule has 2 aliphatic rings. The predicted octanol–water partition coefficient (Wildman–Crippen LogP) is 6.20. The van der Waals surface area contributed by atoms with Crippen molar-refractivity contribution < 1.29 is 18.0 Å². The molecular formula is C24H24F3N3O2S2. The number of aromatic nitrogens is 2. The highest BCUT2D eigenvalue weighted by molar-refractivity contribution is 7.99. The van der Waals surface area contributed by atoms with Crippen LogP contribution in [-0.4, -0.2) is 21.2 Å². The van der Waals surface area contributed by atoms with E-state index in [0.717, 1.165) is 79.3 Å². The summed E-state index contributed by atoms with van der Waals surface area (Å²) in [7, 11) is 0. The Kier molecular flexibility index (Phi) is 6.45. The third kappa shape index (κ3) is 4.62. The Balaban J connectivity index is 1.41. The van der Waals surface area contributed by atoms with Crippen LogP contribution >= 0.6 is 23.1 Å². The van der Waals surface area contributed by atoms with E-state index < -0.39 is 17.6 Å². The van der Waals surface area contributed by atoms with Gasteiger partial charge in [0.15, 0.2) is 5.16 Å². The highest BCUT2D eigenvalue weighted by Crippen LogP contribution is 2.37. The second-order valence-electron chi connectivity index (χ2n) is 8.81. The van der Waals surface area contributed by atoms with Crippen molar-refractivity contribution in [2.45, 2.75) is 68.7 Å². The third-order valence-electron chi connectivity index (χ3n) is 6.48. The van der Waals surface area contributed by atoms with E-state index in [2.05, 4.69) is 5.32 Å². The van der Waals surface area contributed by atoms with Crippen molar-refractivity contribution in [3.63, 3.8) is 0 Å². The number of alkyl halides is 3. The molecule has 0 aliphatic heterocycles. The Bertz CT molecular complexity index is 1290. The molecule has 1 N–H and O–H groups in total. The summed E-state index contributed by atoms with van der Waals surface area (Å²) in [6.07, 6.45) is 3.51. The first-order chi connectivity index (χ1) is 16.3.